The summed E-state index contributed by atoms with van der Waals surface area (Å²) in [5.41, 5.74) is 3.28. The quantitative estimate of drug-likeness (QED) is 0.772. The summed E-state index contributed by atoms with van der Waals surface area (Å²) in [5, 5.41) is 9.83. The highest BCUT2D eigenvalue weighted by atomic mass is 32.2. The van der Waals surface area contributed by atoms with Crippen LogP contribution in [0.15, 0.2) is 53.6 Å². The number of rotatable bonds is 4. The van der Waals surface area contributed by atoms with Gasteiger partial charge in [0.25, 0.3) is 0 Å². The molecule has 2 aromatic carbocycles. The number of allylic oxidation sites excluding steroid dienone is 1. The first kappa shape index (κ1) is 19.9. The number of sulfonamides is 1. The molecule has 29 heavy (non-hydrogen) atoms. The number of aliphatic hydroxyl groups is 1. The van der Waals surface area contributed by atoms with Crippen molar-refractivity contribution in [1.82, 2.24) is 4.31 Å². The van der Waals surface area contributed by atoms with E-state index in [-0.39, 0.29) is 22.4 Å². The van der Waals surface area contributed by atoms with Crippen molar-refractivity contribution < 1.29 is 17.9 Å². The van der Waals surface area contributed by atoms with E-state index < -0.39 is 10.0 Å². The Morgan fingerprint density at radius 2 is 1.86 bits per heavy atom. The molecule has 0 spiro atoms. The fourth-order valence-electron chi connectivity index (χ4n) is 4.20. The zero-order valence-electron chi connectivity index (χ0n) is 16.4. The Morgan fingerprint density at radius 3 is 2.52 bits per heavy atom. The molecule has 1 aliphatic heterocycles. The molecule has 7 heteroatoms. The minimum Gasteiger partial charge on any atom is -0.512 e. The molecule has 0 bridgehead atoms. The summed E-state index contributed by atoms with van der Waals surface area (Å²) in [5.74, 6) is -0.374. The zero-order chi connectivity index (χ0) is 20.8. The monoisotopic (exact) mass is 416 g/mol. The SMILES string of the molecule is C=C(O)C1CCc2ccc(S(=O)(=O)N3CCN(c4ccc(C)c(F)c4)CC3)cc21. The molecule has 5 nitrogen and oxygen atoms in total. The predicted octanol–water partition coefficient (Wildman–Crippen LogP) is 3.75. The van der Waals surface area contributed by atoms with Crippen molar-refractivity contribution in [3.8, 4) is 0 Å². The summed E-state index contributed by atoms with van der Waals surface area (Å²) in [6.45, 7) is 7.03. The van der Waals surface area contributed by atoms with Gasteiger partial charge in [-0.1, -0.05) is 18.7 Å². The number of fused-ring (bicyclic) bond motifs is 1. The maximum absolute atomic E-state index is 13.9. The molecule has 1 atom stereocenters. The highest BCUT2D eigenvalue weighted by Gasteiger charge is 2.31. The lowest BCUT2D eigenvalue weighted by Gasteiger charge is -2.35. The third-order valence-electron chi connectivity index (χ3n) is 5.99. The Bertz CT molecular complexity index is 1060. The van der Waals surface area contributed by atoms with Crippen LogP contribution in [-0.4, -0.2) is 44.0 Å². The van der Waals surface area contributed by atoms with Crippen molar-refractivity contribution in [2.75, 3.05) is 31.1 Å². The average Bonchev–Trinajstić information content (AvgIpc) is 3.14. The molecule has 4 rings (SSSR count). The second-order valence-electron chi connectivity index (χ2n) is 7.77. The first-order chi connectivity index (χ1) is 13.8. The van der Waals surface area contributed by atoms with Gasteiger partial charge in [-0.2, -0.15) is 4.31 Å². The molecule has 1 fully saturated rings. The van der Waals surface area contributed by atoms with Crippen LogP contribution in [0, 0.1) is 12.7 Å². The van der Waals surface area contributed by atoms with Crippen molar-refractivity contribution in [3.63, 3.8) is 0 Å². The number of halogens is 1. The van der Waals surface area contributed by atoms with Gasteiger partial charge in [0.05, 0.1) is 10.7 Å². The minimum atomic E-state index is -3.63. The first-order valence-corrected chi connectivity index (χ1v) is 11.2. The Balaban J connectivity index is 1.52. The van der Waals surface area contributed by atoms with Gasteiger partial charge in [-0.3, -0.25) is 0 Å². The number of benzene rings is 2. The maximum Gasteiger partial charge on any atom is 0.243 e. The fraction of sp³-hybridized carbons (Fsp3) is 0.364. The molecule has 154 valence electrons. The summed E-state index contributed by atoms with van der Waals surface area (Å²) in [4.78, 5) is 2.25. The summed E-state index contributed by atoms with van der Waals surface area (Å²) in [7, 11) is -3.63. The van der Waals surface area contributed by atoms with E-state index in [2.05, 4.69) is 6.58 Å². The third kappa shape index (κ3) is 3.65. The summed E-state index contributed by atoms with van der Waals surface area (Å²) in [6.07, 6.45) is 1.56. The lowest BCUT2D eigenvalue weighted by Crippen LogP contribution is -2.48. The van der Waals surface area contributed by atoms with Crippen molar-refractivity contribution >= 4 is 15.7 Å². The molecule has 1 saturated heterocycles. The number of hydrogen-bond acceptors (Lipinski definition) is 4. The number of aliphatic hydroxyl groups excluding tert-OH is 1. The molecule has 1 unspecified atom stereocenters. The molecule has 0 saturated carbocycles. The molecule has 0 radical (unpaired) electrons. The van der Waals surface area contributed by atoms with Gasteiger partial charge in [0.15, 0.2) is 0 Å². The van der Waals surface area contributed by atoms with Crippen LogP contribution < -0.4 is 4.90 Å². The standard InChI is InChI=1S/C22H25FN2O3S/c1-15-3-6-18(13-22(15)23)24-9-11-25(12-10-24)29(27,28)19-7-4-17-5-8-20(16(2)26)21(17)14-19/h3-4,6-7,13-14,20,26H,2,5,8-12H2,1H3. The van der Waals surface area contributed by atoms with Crippen LogP contribution in [0.4, 0.5) is 10.1 Å². The molecule has 0 amide bonds. The van der Waals surface area contributed by atoms with E-state index in [9.17, 15) is 17.9 Å². The van der Waals surface area contributed by atoms with Crippen molar-refractivity contribution in [3.05, 3.63) is 71.2 Å². The highest BCUT2D eigenvalue weighted by Crippen LogP contribution is 2.38. The third-order valence-corrected chi connectivity index (χ3v) is 7.89. The first-order valence-electron chi connectivity index (χ1n) is 9.79. The lowest BCUT2D eigenvalue weighted by molar-refractivity contribution is 0.369. The van der Waals surface area contributed by atoms with Crippen LogP contribution in [0.1, 0.15) is 29.0 Å². The van der Waals surface area contributed by atoms with Crippen LogP contribution in [0.25, 0.3) is 0 Å². The van der Waals surface area contributed by atoms with Crippen LogP contribution in [-0.2, 0) is 16.4 Å². The number of anilines is 1. The van der Waals surface area contributed by atoms with E-state index in [4.69, 9.17) is 0 Å². The van der Waals surface area contributed by atoms with Crippen LogP contribution in [0.5, 0.6) is 0 Å². The van der Waals surface area contributed by atoms with Gasteiger partial charge in [0.2, 0.25) is 10.0 Å². The van der Waals surface area contributed by atoms with Crippen LogP contribution in [0.3, 0.4) is 0 Å². The van der Waals surface area contributed by atoms with E-state index in [0.29, 0.717) is 31.7 Å². The molecule has 1 N–H and O–H groups in total. The molecule has 1 heterocycles. The van der Waals surface area contributed by atoms with Crippen LogP contribution >= 0.6 is 0 Å². The lowest BCUT2D eigenvalue weighted by atomic mass is 10.0. The minimum absolute atomic E-state index is 0.0808. The molecular formula is C22H25FN2O3S. The normalized spacial score (nSPS) is 19.9. The number of nitrogens with zero attached hydrogens (tertiary/aromatic N) is 2. The summed E-state index contributed by atoms with van der Waals surface area (Å²) in [6, 6.07) is 10.3. The molecular weight excluding hydrogens is 391 g/mol. The number of hydrogen-bond donors (Lipinski definition) is 1. The summed E-state index contributed by atoms with van der Waals surface area (Å²) < 4.78 is 41.7. The molecule has 2 aliphatic rings. The van der Waals surface area contributed by atoms with E-state index in [1.165, 1.54) is 10.4 Å². The largest absolute Gasteiger partial charge is 0.512 e. The Morgan fingerprint density at radius 1 is 1.14 bits per heavy atom. The summed E-state index contributed by atoms with van der Waals surface area (Å²) >= 11 is 0. The Kier molecular flexibility index (Phi) is 5.12. The van der Waals surface area contributed by atoms with Gasteiger partial charge < -0.3 is 10.0 Å². The second-order valence-corrected chi connectivity index (χ2v) is 9.71. The molecule has 1 aliphatic carbocycles. The predicted molar refractivity (Wildman–Crippen MR) is 111 cm³/mol. The van der Waals surface area contributed by atoms with E-state index in [0.717, 1.165) is 29.7 Å². The van der Waals surface area contributed by atoms with Crippen LogP contribution in [0.2, 0.25) is 0 Å². The highest BCUT2D eigenvalue weighted by molar-refractivity contribution is 7.89. The van der Waals surface area contributed by atoms with Crippen molar-refractivity contribution in [2.45, 2.75) is 30.6 Å². The van der Waals surface area contributed by atoms with E-state index in [1.807, 2.05) is 17.0 Å². The Labute approximate surface area is 171 Å². The van der Waals surface area contributed by atoms with Crippen molar-refractivity contribution in [1.29, 1.82) is 0 Å². The van der Waals surface area contributed by atoms with Gasteiger partial charge in [0, 0.05) is 37.8 Å². The van der Waals surface area contributed by atoms with E-state index >= 15 is 0 Å². The smallest absolute Gasteiger partial charge is 0.243 e. The maximum atomic E-state index is 13.9. The molecule has 2 aromatic rings. The van der Waals surface area contributed by atoms with Gasteiger partial charge in [-0.25, -0.2) is 12.8 Å². The van der Waals surface area contributed by atoms with E-state index in [1.54, 1.807) is 25.1 Å². The van der Waals surface area contributed by atoms with Crippen molar-refractivity contribution in [2.24, 2.45) is 0 Å². The number of aryl methyl sites for hydroxylation is 2. The Hall–Kier alpha value is -2.38. The van der Waals surface area contributed by atoms with Gasteiger partial charge in [-0.05, 0) is 60.7 Å². The van der Waals surface area contributed by atoms with Gasteiger partial charge in [-0.15, -0.1) is 0 Å². The van der Waals surface area contributed by atoms with Gasteiger partial charge >= 0.3 is 0 Å². The average molecular weight is 417 g/mol. The topological polar surface area (TPSA) is 60.9 Å². The number of piperazine rings is 1. The zero-order valence-corrected chi connectivity index (χ0v) is 17.3. The molecule has 0 aromatic heterocycles. The fourth-order valence-corrected chi connectivity index (χ4v) is 5.66. The second kappa shape index (κ2) is 7.46. The van der Waals surface area contributed by atoms with Gasteiger partial charge in [0.1, 0.15) is 5.82 Å².